The maximum Gasteiger partial charge on any atom is 0.0544 e. The number of likely N-dealkylation sites (N-methyl/N-ethyl adjacent to an activating group) is 1. The number of nitrogens with one attached hydrogen (secondary N) is 1. The minimum atomic E-state index is 0.120. The first-order valence-electron chi connectivity index (χ1n) is 5.00. The van der Waals surface area contributed by atoms with Gasteiger partial charge in [0, 0.05) is 16.9 Å². The van der Waals surface area contributed by atoms with Gasteiger partial charge >= 0.3 is 0 Å². The lowest BCUT2D eigenvalue weighted by atomic mass is 9.85. The third kappa shape index (κ3) is 3.13. The van der Waals surface area contributed by atoms with Crippen molar-refractivity contribution in [2.24, 2.45) is 0 Å². The van der Waals surface area contributed by atoms with Gasteiger partial charge in [-0.1, -0.05) is 31.5 Å². The van der Waals surface area contributed by atoms with Crippen molar-refractivity contribution in [2.75, 3.05) is 19.8 Å². The van der Waals surface area contributed by atoms with Crippen molar-refractivity contribution in [1.29, 1.82) is 0 Å². The Kier molecular flexibility index (Phi) is 4.50. The van der Waals surface area contributed by atoms with Crippen LogP contribution in [0.3, 0.4) is 0 Å². The van der Waals surface area contributed by atoms with E-state index < -0.39 is 0 Å². The second-order valence-electron chi connectivity index (χ2n) is 4.26. The van der Waals surface area contributed by atoms with Crippen LogP contribution >= 0.6 is 23.4 Å². The number of hydrogen-bond donors (Lipinski definition) is 1. The quantitative estimate of drug-likeness (QED) is 0.812. The average molecular weight is 244 g/mol. The van der Waals surface area contributed by atoms with Crippen molar-refractivity contribution in [1.82, 2.24) is 5.32 Å². The van der Waals surface area contributed by atoms with Gasteiger partial charge in [-0.25, -0.2) is 0 Å². The third-order valence-electron chi connectivity index (χ3n) is 2.55. The molecule has 0 aromatic heterocycles. The van der Waals surface area contributed by atoms with E-state index in [1.165, 1.54) is 5.56 Å². The molecule has 0 radical (unpaired) electrons. The largest absolute Gasteiger partial charge is 0.319 e. The van der Waals surface area contributed by atoms with Gasteiger partial charge < -0.3 is 5.32 Å². The Hall–Kier alpha value is -0.180. The van der Waals surface area contributed by atoms with Gasteiger partial charge in [0.05, 0.1) is 5.02 Å². The van der Waals surface area contributed by atoms with E-state index >= 15 is 0 Å². The van der Waals surface area contributed by atoms with Gasteiger partial charge in [0.15, 0.2) is 0 Å². The lowest BCUT2D eigenvalue weighted by molar-refractivity contribution is 0.494. The van der Waals surface area contributed by atoms with Gasteiger partial charge in [0.25, 0.3) is 0 Å². The van der Waals surface area contributed by atoms with E-state index in [0.717, 1.165) is 16.5 Å². The summed E-state index contributed by atoms with van der Waals surface area (Å²) < 4.78 is 0. The highest BCUT2D eigenvalue weighted by molar-refractivity contribution is 7.98. The Morgan fingerprint density at radius 3 is 2.53 bits per heavy atom. The van der Waals surface area contributed by atoms with Gasteiger partial charge in [0.1, 0.15) is 0 Å². The fourth-order valence-corrected chi connectivity index (χ4v) is 2.50. The summed E-state index contributed by atoms with van der Waals surface area (Å²) in [6.45, 7) is 5.38. The Labute approximate surface area is 102 Å². The molecule has 84 valence electrons. The van der Waals surface area contributed by atoms with Crippen LogP contribution in [0, 0.1) is 0 Å². The molecule has 0 atom stereocenters. The smallest absolute Gasteiger partial charge is 0.0544 e. The molecular formula is C12H18ClNS. The van der Waals surface area contributed by atoms with Crippen molar-refractivity contribution in [3.63, 3.8) is 0 Å². The van der Waals surface area contributed by atoms with E-state index in [1.807, 2.05) is 13.3 Å². The summed E-state index contributed by atoms with van der Waals surface area (Å²) in [7, 11) is 1.97. The molecule has 0 aliphatic carbocycles. The Morgan fingerprint density at radius 1 is 1.40 bits per heavy atom. The van der Waals surface area contributed by atoms with Crippen molar-refractivity contribution in [3.05, 3.63) is 28.8 Å². The number of rotatable bonds is 4. The lowest BCUT2D eigenvalue weighted by Gasteiger charge is -2.25. The molecule has 0 fully saturated rings. The van der Waals surface area contributed by atoms with Crippen LogP contribution in [0.4, 0.5) is 0 Å². The Balaban J connectivity index is 3.01. The van der Waals surface area contributed by atoms with Gasteiger partial charge in [-0.05, 0) is 31.0 Å². The zero-order chi connectivity index (χ0) is 11.5. The average Bonchev–Trinajstić information content (AvgIpc) is 2.17. The van der Waals surface area contributed by atoms with Crippen molar-refractivity contribution < 1.29 is 0 Å². The van der Waals surface area contributed by atoms with Crippen LogP contribution in [-0.4, -0.2) is 19.8 Å². The molecule has 0 unspecified atom stereocenters. The van der Waals surface area contributed by atoms with Crippen LogP contribution in [0.15, 0.2) is 23.1 Å². The Bertz CT molecular complexity index is 336. The molecular weight excluding hydrogens is 226 g/mol. The number of hydrogen-bond acceptors (Lipinski definition) is 2. The highest BCUT2D eigenvalue weighted by Gasteiger charge is 2.20. The molecule has 0 heterocycles. The van der Waals surface area contributed by atoms with Crippen molar-refractivity contribution in [3.8, 4) is 0 Å². The fraction of sp³-hybridized carbons (Fsp3) is 0.500. The summed E-state index contributed by atoms with van der Waals surface area (Å²) in [6.07, 6.45) is 2.04. The first kappa shape index (κ1) is 12.9. The van der Waals surface area contributed by atoms with Crippen LogP contribution in [0.5, 0.6) is 0 Å². The minimum absolute atomic E-state index is 0.120. The molecule has 1 N–H and O–H groups in total. The van der Waals surface area contributed by atoms with Crippen LogP contribution in [0.1, 0.15) is 19.4 Å². The standard InChI is InChI=1S/C12H18ClNS/c1-12(2,8-14-3)9-5-6-11(15-4)10(13)7-9/h5-7,14H,8H2,1-4H3. The van der Waals surface area contributed by atoms with E-state index in [-0.39, 0.29) is 5.41 Å². The normalized spacial score (nSPS) is 11.8. The van der Waals surface area contributed by atoms with E-state index in [9.17, 15) is 0 Å². The molecule has 1 aromatic carbocycles. The molecule has 0 amide bonds. The summed E-state index contributed by atoms with van der Waals surface area (Å²) >= 11 is 7.88. The van der Waals surface area contributed by atoms with Crippen LogP contribution < -0.4 is 5.32 Å². The highest BCUT2D eigenvalue weighted by Crippen LogP contribution is 2.31. The van der Waals surface area contributed by atoms with E-state index in [2.05, 4.69) is 37.4 Å². The summed E-state index contributed by atoms with van der Waals surface area (Å²) in [4.78, 5) is 1.14. The highest BCUT2D eigenvalue weighted by atomic mass is 35.5. The van der Waals surface area contributed by atoms with Crippen LogP contribution in [-0.2, 0) is 5.41 Å². The maximum absolute atomic E-state index is 6.19. The molecule has 0 bridgehead atoms. The van der Waals surface area contributed by atoms with Gasteiger partial charge in [-0.15, -0.1) is 11.8 Å². The second-order valence-corrected chi connectivity index (χ2v) is 5.52. The lowest BCUT2D eigenvalue weighted by Crippen LogP contribution is -2.30. The first-order chi connectivity index (χ1) is 7.01. The first-order valence-corrected chi connectivity index (χ1v) is 6.60. The molecule has 0 spiro atoms. The molecule has 0 saturated heterocycles. The van der Waals surface area contributed by atoms with E-state index in [1.54, 1.807) is 11.8 Å². The summed E-state index contributed by atoms with van der Waals surface area (Å²) in [5.74, 6) is 0. The summed E-state index contributed by atoms with van der Waals surface area (Å²) in [5.41, 5.74) is 1.40. The van der Waals surface area contributed by atoms with E-state index in [0.29, 0.717) is 0 Å². The molecule has 1 nitrogen and oxygen atoms in total. The molecule has 0 saturated carbocycles. The fourth-order valence-electron chi connectivity index (χ4n) is 1.63. The zero-order valence-corrected chi connectivity index (χ0v) is 11.3. The maximum atomic E-state index is 6.19. The number of benzene rings is 1. The van der Waals surface area contributed by atoms with Crippen LogP contribution in [0.25, 0.3) is 0 Å². The molecule has 1 rings (SSSR count). The van der Waals surface area contributed by atoms with E-state index in [4.69, 9.17) is 11.6 Å². The monoisotopic (exact) mass is 243 g/mol. The zero-order valence-electron chi connectivity index (χ0n) is 9.73. The van der Waals surface area contributed by atoms with Crippen molar-refractivity contribution >= 4 is 23.4 Å². The predicted octanol–water partition coefficient (Wildman–Crippen LogP) is 3.56. The topological polar surface area (TPSA) is 12.0 Å². The molecule has 1 aromatic rings. The SMILES string of the molecule is CNCC(C)(C)c1ccc(SC)c(Cl)c1. The molecule has 0 aliphatic heterocycles. The summed E-state index contributed by atoms with van der Waals surface area (Å²) in [5, 5.41) is 4.06. The predicted molar refractivity (Wildman–Crippen MR) is 70.2 cm³/mol. The molecule has 0 aliphatic rings. The number of halogens is 1. The van der Waals surface area contributed by atoms with Gasteiger partial charge in [-0.3, -0.25) is 0 Å². The summed E-state index contributed by atoms with van der Waals surface area (Å²) in [6, 6.07) is 6.33. The minimum Gasteiger partial charge on any atom is -0.319 e. The number of thioether (sulfide) groups is 1. The van der Waals surface area contributed by atoms with Gasteiger partial charge in [0.2, 0.25) is 0 Å². The van der Waals surface area contributed by atoms with Gasteiger partial charge in [-0.2, -0.15) is 0 Å². The second kappa shape index (κ2) is 5.24. The molecule has 15 heavy (non-hydrogen) atoms. The third-order valence-corrected chi connectivity index (χ3v) is 3.77. The van der Waals surface area contributed by atoms with Crippen molar-refractivity contribution in [2.45, 2.75) is 24.2 Å². The Morgan fingerprint density at radius 2 is 2.07 bits per heavy atom. The molecule has 3 heteroatoms. The van der Waals surface area contributed by atoms with Crippen LogP contribution in [0.2, 0.25) is 5.02 Å².